The second-order valence-electron chi connectivity index (χ2n) is 7.30. The number of benzene rings is 2. The molecule has 2 aromatic carbocycles. The molecule has 0 aliphatic carbocycles. The van der Waals surface area contributed by atoms with Crippen molar-refractivity contribution in [3.63, 3.8) is 0 Å². The normalized spacial score (nSPS) is 24.4. The van der Waals surface area contributed by atoms with E-state index in [1.165, 1.54) is 12.1 Å². The summed E-state index contributed by atoms with van der Waals surface area (Å²) in [5, 5.41) is 0. The van der Waals surface area contributed by atoms with Crippen molar-refractivity contribution in [2.75, 3.05) is 29.5 Å². The van der Waals surface area contributed by atoms with Crippen LogP contribution in [0.4, 0.5) is 10.1 Å². The van der Waals surface area contributed by atoms with Crippen LogP contribution in [0.5, 0.6) is 0 Å². The van der Waals surface area contributed by atoms with Crippen LogP contribution in [0.25, 0.3) is 0 Å². The van der Waals surface area contributed by atoms with Crippen LogP contribution in [0.15, 0.2) is 53.0 Å². The van der Waals surface area contributed by atoms with Crippen molar-refractivity contribution in [2.45, 2.75) is 18.5 Å². The van der Waals surface area contributed by atoms with Crippen molar-refractivity contribution in [1.29, 1.82) is 0 Å². The summed E-state index contributed by atoms with van der Waals surface area (Å²) >= 11 is 3.38. The summed E-state index contributed by atoms with van der Waals surface area (Å²) < 4.78 is 38.7. The third-order valence-electron chi connectivity index (χ3n) is 5.41. The molecule has 28 heavy (non-hydrogen) atoms. The van der Waals surface area contributed by atoms with E-state index in [2.05, 4.69) is 15.9 Å². The molecule has 0 radical (unpaired) electrons. The Labute approximate surface area is 172 Å². The summed E-state index contributed by atoms with van der Waals surface area (Å²) in [7, 11) is -3.22. The fraction of sp³-hybridized carbons (Fsp3) is 0.350. The van der Waals surface area contributed by atoms with Crippen molar-refractivity contribution in [3.05, 3.63) is 64.4 Å². The minimum Gasteiger partial charge on any atom is -0.306 e. The molecule has 2 saturated heterocycles. The van der Waals surface area contributed by atoms with Gasteiger partial charge in [-0.1, -0.05) is 28.1 Å². The Morgan fingerprint density at radius 3 is 2.32 bits per heavy atom. The molecule has 2 aliphatic rings. The molecule has 5 nitrogen and oxygen atoms in total. The summed E-state index contributed by atoms with van der Waals surface area (Å²) in [5.41, 5.74) is 1.68. The van der Waals surface area contributed by atoms with Crippen molar-refractivity contribution in [1.82, 2.24) is 4.90 Å². The van der Waals surface area contributed by atoms with Crippen molar-refractivity contribution >= 4 is 37.4 Å². The number of hydrogen-bond acceptors (Lipinski definition) is 4. The lowest BCUT2D eigenvalue weighted by Gasteiger charge is -2.43. The van der Waals surface area contributed by atoms with Crippen molar-refractivity contribution in [2.24, 2.45) is 0 Å². The predicted molar refractivity (Wildman–Crippen MR) is 110 cm³/mol. The standard InChI is InChI=1S/C20H20BrFN2O3S/c21-15-3-7-17(8-4-15)24-19-13-28(26,27)12-18(19)23(11-20(24)25)10-9-14-1-5-16(22)6-2-14/h1-8,18-19H,9-13H2/t18-,19-/m1/s1. The van der Waals surface area contributed by atoms with E-state index < -0.39 is 9.84 Å². The Morgan fingerprint density at radius 1 is 1.00 bits per heavy atom. The molecule has 0 aromatic heterocycles. The highest BCUT2D eigenvalue weighted by molar-refractivity contribution is 9.10. The van der Waals surface area contributed by atoms with E-state index in [1.807, 2.05) is 29.2 Å². The lowest BCUT2D eigenvalue weighted by atomic mass is 10.0. The number of amides is 1. The van der Waals surface area contributed by atoms with Crippen LogP contribution in [0, 0.1) is 5.82 Å². The number of carbonyl (C=O) groups excluding carboxylic acids is 1. The van der Waals surface area contributed by atoms with Gasteiger partial charge < -0.3 is 4.90 Å². The molecule has 0 N–H and O–H groups in total. The molecule has 2 aliphatic heterocycles. The van der Waals surface area contributed by atoms with Crippen LogP contribution in [0.2, 0.25) is 0 Å². The molecule has 2 aromatic rings. The molecular formula is C20H20BrFN2O3S. The number of halogens is 2. The van der Waals surface area contributed by atoms with E-state index in [0.29, 0.717) is 13.0 Å². The molecule has 8 heteroatoms. The molecule has 2 fully saturated rings. The van der Waals surface area contributed by atoms with Gasteiger partial charge in [0.15, 0.2) is 9.84 Å². The molecular weight excluding hydrogens is 447 g/mol. The zero-order valence-electron chi connectivity index (χ0n) is 15.1. The van der Waals surface area contributed by atoms with Gasteiger partial charge in [-0.15, -0.1) is 0 Å². The lowest BCUT2D eigenvalue weighted by molar-refractivity contribution is -0.123. The Kier molecular flexibility index (Phi) is 5.28. The number of fused-ring (bicyclic) bond motifs is 1. The molecule has 0 bridgehead atoms. The van der Waals surface area contributed by atoms with Crippen LogP contribution in [0.3, 0.4) is 0 Å². The van der Waals surface area contributed by atoms with Crippen LogP contribution < -0.4 is 4.90 Å². The van der Waals surface area contributed by atoms with Crippen molar-refractivity contribution in [3.8, 4) is 0 Å². The average Bonchev–Trinajstić information content (AvgIpc) is 2.97. The summed E-state index contributed by atoms with van der Waals surface area (Å²) in [6.45, 7) is 0.732. The van der Waals surface area contributed by atoms with Crippen LogP contribution in [0.1, 0.15) is 5.56 Å². The van der Waals surface area contributed by atoms with Gasteiger partial charge in [0.1, 0.15) is 5.82 Å². The summed E-state index contributed by atoms with van der Waals surface area (Å²) in [4.78, 5) is 16.5. The SMILES string of the molecule is O=C1CN(CCc2ccc(F)cc2)[C@@H]2CS(=O)(=O)C[C@H]2N1c1ccc(Br)cc1. The highest BCUT2D eigenvalue weighted by Gasteiger charge is 2.49. The Morgan fingerprint density at radius 2 is 1.64 bits per heavy atom. The van der Waals surface area contributed by atoms with Gasteiger partial charge in [-0.2, -0.15) is 0 Å². The third kappa shape index (κ3) is 3.99. The smallest absolute Gasteiger partial charge is 0.241 e. The fourth-order valence-corrected chi connectivity index (χ4v) is 6.31. The molecule has 2 atom stereocenters. The topological polar surface area (TPSA) is 57.7 Å². The van der Waals surface area contributed by atoms with E-state index >= 15 is 0 Å². The zero-order chi connectivity index (χ0) is 19.9. The first-order valence-corrected chi connectivity index (χ1v) is 11.7. The molecule has 1 amide bonds. The van der Waals surface area contributed by atoms with Gasteiger partial charge in [-0.3, -0.25) is 9.69 Å². The maximum Gasteiger partial charge on any atom is 0.241 e. The largest absolute Gasteiger partial charge is 0.306 e. The lowest BCUT2D eigenvalue weighted by Crippen LogP contribution is -2.62. The Hall–Kier alpha value is -1.77. The average molecular weight is 467 g/mol. The van der Waals surface area contributed by atoms with Gasteiger partial charge in [0.05, 0.1) is 24.1 Å². The zero-order valence-corrected chi connectivity index (χ0v) is 17.5. The van der Waals surface area contributed by atoms with E-state index in [-0.39, 0.29) is 41.9 Å². The number of carbonyl (C=O) groups is 1. The van der Waals surface area contributed by atoms with Crippen LogP contribution in [-0.4, -0.2) is 55.9 Å². The summed E-state index contributed by atoms with van der Waals surface area (Å²) in [6, 6.07) is 13.0. The second-order valence-corrected chi connectivity index (χ2v) is 10.4. The first-order valence-electron chi connectivity index (χ1n) is 9.09. The maximum atomic E-state index is 13.1. The highest BCUT2D eigenvalue weighted by Crippen LogP contribution is 2.32. The second kappa shape index (κ2) is 7.57. The molecule has 148 valence electrons. The number of nitrogens with zero attached hydrogens (tertiary/aromatic N) is 2. The number of anilines is 1. The predicted octanol–water partition coefficient (Wildman–Crippen LogP) is 2.65. The van der Waals surface area contributed by atoms with E-state index in [0.717, 1.165) is 15.7 Å². The molecule has 0 spiro atoms. The number of piperazine rings is 1. The highest BCUT2D eigenvalue weighted by atomic mass is 79.9. The Balaban J connectivity index is 1.57. The Bertz CT molecular complexity index is 980. The van der Waals surface area contributed by atoms with Gasteiger partial charge in [0.2, 0.25) is 5.91 Å². The minimum atomic E-state index is -3.22. The van der Waals surface area contributed by atoms with Gasteiger partial charge in [-0.05, 0) is 48.4 Å². The van der Waals surface area contributed by atoms with E-state index in [1.54, 1.807) is 17.0 Å². The molecule has 0 unspecified atom stereocenters. The summed E-state index contributed by atoms with van der Waals surface area (Å²) in [6.07, 6.45) is 0.634. The van der Waals surface area contributed by atoms with Gasteiger partial charge in [0, 0.05) is 22.7 Å². The monoisotopic (exact) mass is 466 g/mol. The number of sulfone groups is 1. The molecule has 2 heterocycles. The molecule has 4 rings (SSSR count). The first kappa shape index (κ1) is 19.5. The summed E-state index contributed by atoms with van der Waals surface area (Å²) in [5.74, 6) is -0.350. The van der Waals surface area contributed by atoms with E-state index in [4.69, 9.17) is 0 Å². The van der Waals surface area contributed by atoms with Gasteiger partial charge in [-0.25, -0.2) is 12.8 Å². The van der Waals surface area contributed by atoms with Gasteiger partial charge in [0.25, 0.3) is 0 Å². The minimum absolute atomic E-state index is 0.0213. The number of hydrogen-bond donors (Lipinski definition) is 0. The van der Waals surface area contributed by atoms with Crippen molar-refractivity contribution < 1.29 is 17.6 Å². The maximum absolute atomic E-state index is 13.1. The fourth-order valence-electron chi connectivity index (χ4n) is 4.06. The quantitative estimate of drug-likeness (QED) is 0.694. The van der Waals surface area contributed by atoms with Gasteiger partial charge >= 0.3 is 0 Å². The number of rotatable bonds is 4. The molecule has 0 saturated carbocycles. The van der Waals surface area contributed by atoms with Crippen LogP contribution in [-0.2, 0) is 21.1 Å². The van der Waals surface area contributed by atoms with Crippen LogP contribution >= 0.6 is 15.9 Å². The third-order valence-corrected chi connectivity index (χ3v) is 7.63. The van der Waals surface area contributed by atoms with E-state index in [9.17, 15) is 17.6 Å². The first-order chi connectivity index (χ1) is 13.3.